The van der Waals surface area contributed by atoms with Gasteiger partial charge in [-0.25, -0.2) is 0 Å². The number of thioether (sulfide) groups is 1. The lowest BCUT2D eigenvalue weighted by Gasteiger charge is -2.39. The molecule has 0 aromatic heterocycles. The molecule has 2 bridgehead atoms. The lowest BCUT2D eigenvalue weighted by Crippen LogP contribution is -2.36. The van der Waals surface area contributed by atoms with E-state index in [1.54, 1.807) is 0 Å². The number of amides is 1. The highest BCUT2D eigenvalue weighted by atomic mass is 32.2. The Morgan fingerprint density at radius 1 is 1.24 bits per heavy atom. The average Bonchev–Trinajstić information content (AvgIpc) is 2.66. The van der Waals surface area contributed by atoms with Gasteiger partial charge in [-0.3, -0.25) is 4.79 Å². The molecule has 0 N–H and O–H groups in total. The molecule has 1 aliphatic carbocycles. The summed E-state index contributed by atoms with van der Waals surface area (Å²) in [6, 6.07) is 10.7. The van der Waals surface area contributed by atoms with Crippen LogP contribution >= 0.6 is 11.8 Å². The second kappa shape index (κ2) is 5.35. The van der Waals surface area contributed by atoms with Crippen molar-refractivity contribution in [1.82, 2.24) is 4.90 Å². The molecule has 2 nitrogen and oxygen atoms in total. The zero-order chi connectivity index (χ0) is 15.1. The number of hydrogen-bond donors (Lipinski definition) is 0. The molecule has 114 valence electrons. The highest BCUT2D eigenvalue weighted by Gasteiger charge is 2.50. The lowest BCUT2D eigenvalue weighted by molar-refractivity contribution is 0.131. The summed E-state index contributed by atoms with van der Waals surface area (Å²) in [5, 5.41) is 0.269. The van der Waals surface area contributed by atoms with Gasteiger partial charge in [-0.05, 0) is 35.7 Å². The van der Waals surface area contributed by atoms with Crippen LogP contribution in [0.25, 0.3) is 0 Å². The molecule has 1 saturated carbocycles. The number of fused-ring (bicyclic) bond motifs is 2. The molecule has 1 heterocycles. The number of likely N-dealkylation sites (tertiary alicyclic amines) is 1. The minimum absolute atomic E-state index is 0.269. The third-order valence-electron chi connectivity index (χ3n) is 4.85. The lowest BCUT2D eigenvalue weighted by atomic mass is 9.65. The van der Waals surface area contributed by atoms with Crippen molar-refractivity contribution in [3.63, 3.8) is 0 Å². The van der Waals surface area contributed by atoms with Crippen LogP contribution in [0.2, 0.25) is 0 Å². The largest absolute Gasteiger partial charge is 0.330 e. The summed E-state index contributed by atoms with van der Waals surface area (Å²) in [5.74, 6) is 0.781. The standard InChI is InChI=1S/C18H25NOS/c1-17(2)9-15-10-18(3,12-17)13-19(15)16(20)21-11-14-7-5-4-6-8-14/h4-8,15H,9-13H2,1-3H3. The first-order valence-corrected chi connectivity index (χ1v) is 8.83. The fraction of sp³-hybridized carbons (Fsp3) is 0.611. The molecule has 0 spiro atoms. The van der Waals surface area contributed by atoms with Crippen LogP contribution in [0.15, 0.2) is 30.3 Å². The molecule has 3 heteroatoms. The molecule has 1 aromatic carbocycles. The number of hydrogen-bond acceptors (Lipinski definition) is 2. The van der Waals surface area contributed by atoms with E-state index in [-0.39, 0.29) is 5.24 Å². The van der Waals surface area contributed by atoms with E-state index in [0.717, 1.165) is 18.7 Å². The fourth-order valence-corrected chi connectivity index (χ4v) is 5.34. The Balaban J connectivity index is 1.64. The molecule has 1 saturated heterocycles. The van der Waals surface area contributed by atoms with Crippen LogP contribution in [0.3, 0.4) is 0 Å². The van der Waals surface area contributed by atoms with Gasteiger partial charge in [-0.15, -0.1) is 0 Å². The number of nitrogens with zero attached hydrogens (tertiary/aromatic N) is 1. The van der Waals surface area contributed by atoms with Gasteiger partial charge in [0.15, 0.2) is 0 Å². The zero-order valence-corrected chi connectivity index (χ0v) is 14.1. The Kier molecular flexibility index (Phi) is 3.81. The Hall–Kier alpha value is -0.960. The van der Waals surface area contributed by atoms with Crippen LogP contribution in [0.5, 0.6) is 0 Å². The van der Waals surface area contributed by atoms with E-state index < -0.39 is 0 Å². The van der Waals surface area contributed by atoms with E-state index in [0.29, 0.717) is 16.9 Å². The number of carbonyl (C=O) groups is 1. The summed E-state index contributed by atoms with van der Waals surface area (Å²) >= 11 is 1.46. The number of benzene rings is 1. The molecule has 1 aromatic rings. The van der Waals surface area contributed by atoms with Crippen LogP contribution in [0.1, 0.15) is 45.6 Å². The Bertz CT molecular complexity index is 527. The number of rotatable bonds is 2. The molecule has 2 fully saturated rings. The van der Waals surface area contributed by atoms with Crippen LogP contribution in [-0.2, 0) is 5.75 Å². The molecule has 3 rings (SSSR count). The predicted octanol–water partition coefficient (Wildman–Crippen LogP) is 4.94. The highest BCUT2D eigenvalue weighted by Crippen LogP contribution is 2.53. The molecule has 1 aliphatic heterocycles. The van der Waals surface area contributed by atoms with Crippen LogP contribution in [-0.4, -0.2) is 22.7 Å². The van der Waals surface area contributed by atoms with Gasteiger partial charge in [-0.2, -0.15) is 0 Å². The van der Waals surface area contributed by atoms with Gasteiger partial charge in [0, 0.05) is 18.3 Å². The molecule has 2 unspecified atom stereocenters. The van der Waals surface area contributed by atoms with Gasteiger partial charge in [0.05, 0.1) is 0 Å². The second-order valence-corrected chi connectivity index (χ2v) is 8.81. The molecule has 2 atom stereocenters. The van der Waals surface area contributed by atoms with E-state index in [2.05, 4.69) is 37.8 Å². The number of carbonyl (C=O) groups excluding carboxylic acids is 1. The van der Waals surface area contributed by atoms with Crippen molar-refractivity contribution >= 4 is 17.0 Å². The van der Waals surface area contributed by atoms with Gasteiger partial charge in [0.25, 0.3) is 5.24 Å². The van der Waals surface area contributed by atoms with Crippen molar-refractivity contribution in [2.45, 2.75) is 51.8 Å². The van der Waals surface area contributed by atoms with Crippen molar-refractivity contribution in [3.8, 4) is 0 Å². The second-order valence-electron chi connectivity index (χ2n) is 7.88. The van der Waals surface area contributed by atoms with E-state index in [1.165, 1.54) is 30.2 Å². The van der Waals surface area contributed by atoms with E-state index in [1.807, 2.05) is 18.2 Å². The minimum atomic E-state index is 0.269. The summed E-state index contributed by atoms with van der Waals surface area (Å²) < 4.78 is 0. The quantitative estimate of drug-likeness (QED) is 0.771. The highest BCUT2D eigenvalue weighted by molar-refractivity contribution is 8.12. The van der Waals surface area contributed by atoms with Gasteiger partial charge in [-0.1, -0.05) is 62.9 Å². The van der Waals surface area contributed by atoms with Crippen molar-refractivity contribution in [1.29, 1.82) is 0 Å². The van der Waals surface area contributed by atoms with E-state index in [9.17, 15) is 4.79 Å². The van der Waals surface area contributed by atoms with Gasteiger partial charge < -0.3 is 4.90 Å². The maximum atomic E-state index is 12.6. The summed E-state index contributed by atoms with van der Waals surface area (Å²) in [4.78, 5) is 14.8. The predicted molar refractivity (Wildman–Crippen MR) is 89.4 cm³/mol. The first-order chi connectivity index (χ1) is 9.87. The van der Waals surface area contributed by atoms with Gasteiger partial charge in [0.2, 0.25) is 0 Å². The van der Waals surface area contributed by atoms with Crippen LogP contribution in [0.4, 0.5) is 4.79 Å². The Labute approximate surface area is 132 Å². The van der Waals surface area contributed by atoms with Crippen molar-refractivity contribution in [2.75, 3.05) is 6.54 Å². The summed E-state index contributed by atoms with van der Waals surface area (Å²) in [6.45, 7) is 8.00. The first kappa shape index (κ1) is 15.0. The fourth-order valence-electron chi connectivity index (χ4n) is 4.48. The van der Waals surface area contributed by atoms with Crippen LogP contribution < -0.4 is 0 Å². The van der Waals surface area contributed by atoms with Gasteiger partial charge in [0.1, 0.15) is 0 Å². The summed E-state index contributed by atoms with van der Waals surface area (Å²) in [7, 11) is 0. The molecule has 2 aliphatic rings. The molecule has 0 radical (unpaired) electrons. The Morgan fingerprint density at radius 3 is 2.67 bits per heavy atom. The third kappa shape index (κ3) is 3.28. The Morgan fingerprint density at radius 2 is 1.95 bits per heavy atom. The minimum Gasteiger partial charge on any atom is -0.330 e. The average molecular weight is 303 g/mol. The SMILES string of the molecule is CC1(C)CC2CC(C)(CN2C(=O)SCc2ccccc2)C1. The van der Waals surface area contributed by atoms with Crippen molar-refractivity contribution < 1.29 is 4.79 Å². The first-order valence-electron chi connectivity index (χ1n) is 7.84. The maximum absolute atomic E-state index is 12.6. The molecular weight excluding hydrogens is 278 g/mol. The third-order valence-corrected chi connectivity index (χ3v) is 5.81. The van der Waals surface area contributed by atoms with Crippen molar-refractivity contribution in [3.05, 3.63) is 35.9 Å². The molecule has 21 heavy (non-hydrogen) atoms. The monoisotopic (exact) mass is 303 g/mol. The van der Waals surface area contributed by atoms with E-state index >= 15 is 0 Å². The van der Waals surface area contributed by atoms with Crippen LogP contribution in [0, 0.1) is 10.8 Å². The molecular formula is C18H25NOS. The normalized spacial score (nSPS) is 30.4. The zero-order valence-electron chi connectivity index (χ0n) is 13.3. The smallest absolute Gasteiger partial charge is 0.282 e. The van der Waals surface area contributed by atoms with E-state index in [4.69, 9.17) is 0 Å². The summed E-state index contributed by atoms with van der Waals surface area (Å²) in [6.07, 6.45) is 3.58. The topological polar surface area (TPSA) is 20.3 Å². The van der Waals surface area contributed by atoms with Crippen molar-refractivity contribution in [2.24, 2.45) is 10.8 Å². The van der Waals surface area contributed by atoms with Gasteiger partial charge >= 0.3 is 0 Å². The molecule has 1 amide bonds. The maximum Gasteiger partial charge on any atom is 0.282 e. The summed E-state index contributed by atoms with van der Waals surface area (Å²) in [5.41, 5.74) is 1.93.